The Balaban J connectivity index is 0.788. The van der Waals surface area contributed by atoms with Crippen LogP contribution in [-0.2, 0) is 18.9 Å². The number of benzene rings is 3. The number of nitrogens with zero attached hydrogens (tertiary/aromatic N) is 6. The van der Waals surface area contributed by atoms with Crippen molar-refractivity contribution in [2.45, 2.75) is 44.2 Å². The number of piperidine rings is 2. The smallest absolute Gasteiger partial charge is 0.262 e. The zero-order chi connectivity index (χ0) is 44.4. The molecule has 0 saturated carbocycles. The molecule has 63 heavy (non-hydrogen) atoms. The van der Waals surface area contributed by atoms with E-state index < -0.39 is 36.8 Å². The Hall–Kier alpha value is -6.03. The number of carbonyl (C=O) groups is 5. The monoisotopic (exact) mass is 897 g/mol. The molecule has 0 radical (unpaired) electrons. The second-order valence-corrected chi connectivity index (χ2v) is 19.9. The van der Waals surface area contributed by atoms with Crippen molar-refractivity contribution in [3.05, 3.63) is 83.0 Å². The van der Waals surface area contributed by atoms with Crippen LogP contribution < -0.4 is 35.6 Å². The molecule has 19 heteroatoms. The first kappa shape index (κ1) is 43.6. The average molecular weight is 898 g/mol. The Morgan fingerprint density at radius 1 is 0.889 bits per heavy atom. The van der Waals surface area contributed by atoms with Crippen molar-refractivity contribution in [1.82, 2.24) is 30.0 Å². The van der Waals surface area contributed by atoms with Crippen molar-refractivity contribution in [3.63, 3.8) is 0 Å². The molecule has 330 valence electrons. The maximum atomic E-state index is 13.2. The number of methoxy groups -OCH3 is 1. The van der Waals surface area contributed by atoms with Crippen LogP contribution in [0.4, 0.5) is 28.8 Å². The maximum absolute atomic E-state index is 13.2. The molecule has 8 rings (SSSR count). The first-order valence-electron chi connectivity index (χ1n) is 20.9. The number of piperazine rings is 1. The van der Waals surface area contributed by atoms with E-state index in [4.69, 9.17) is 21.1 Å². The largest absolute Gasteiger partial charge is 0.494 e. The first-order valence-corrected chi connectivity index (χ1v) is 23.9. The van der Waals surface area contributed by atoms with E-state index in [1.165, 1.54) is 18.3 Å². The van der Waals surface area contributed by atoms with Crippen molar-refractivity contribution in [2.24, 2.45) is 0 Å². The molecule has 1 atom stereocenters. The zero-order valence-electron chi connectivity index (χ0n) is 35.3. The van der Waals surface area contributed by atoms with E-state index in [9.17, 15) is 28.5 Å². The van der Waals surface area contributed by atoms with E-state index in [0.717, 1.165) is 49.6 Å². The molecule has 4 aliphatic heterocycles. The Kier molecular flexibility index (Phi) is 12.7. The molecular weight excluding hydrogens is 849 g/mol. The predicted octanol–water partition coefficient (Wildman–Crippen LogP) is 4.86. The van der Waals surface area contributed by atoms with Gasteiger partial charge in [-0.25, -0.2) is 4.98 Å². The number of carbonyl (C=O) groups excluding carboxylic acids is 5. The highest BCUT2D eigenvalue weighted by Crippen LogP contribution is 2.39. The molecule has 0 spiro atoms. The number of aromatic nitrogens is 2. The molecule has 3 saturated heterocycles. The molecule has 4 aromatic rings. The summed E-state index contributed by atoms with van der Waals surface area (Å²) < 4.78 is 24.5. The second kappa shape index (κ2) is 18.4. The zero-order valence-corrected chi connectivity index (χ0v) is 36.9. The average Bonchev–Trinajstić information content (AvgIpc) is 3.52. The number of anilines is 5. The van der Waals surface area contributed by atoms with Crippen LogP contribution >= 0.6 is 18.7 Å². The van der Waals surface area contributed by atoms with Crippen LogP contribution in [0.15, 0.2) is 66.9 Å². The Morgan fingerprint density at radius 2 is 1.63 bits per heavy atom. The summed E-state index contributed by atoms with van der Waals surface area (Å²) in [6.45, 7) is 8.09. The molecule has 5 amide bonds. The van der Waals surface area contributed by atoms with Gasteiger partial charge in [-0.2, -0.15) is 4.98 Å². The lowest BCUT2D eigenvalue weighted by Gasteiger charge is -2.43. The summed E-state index contributed by atoms with van der Waals surface area (Å²) >= 11 is 6.47. The molecule has 3 fully saturated rings. The van der Waals surface area contributed by atoms with E-state index in [0.29, 0.717) is 64.1 Å². The van der Waals surface area contributed by atoms with Gasteiger partial charge in [0, 0.05) is 68.8 Å². The van der Waals surface area contributed by atoms with Crippen LogP contribution in [0.5, 0.6) is 11.5 Å². The van der Waals surface area contributed by atoms with Gasteiger partial charge in [0.2, 0.25) is 23.7 Å². The quantitative estimate of drug-likeness (QED) is 0.122. The lowest BCUT2D eigenvalue weighted by Crippen LogP contribution is -2.54. The molecule has 5 heterocycles. The van der Waals surface area contributed by atoms with E-state index in [1.54, 1.807) is 26.5 Å². The van der Waals surface area contributed by atoms with Crippen molar-refractivity contribution in [2.75, 3.05) is 81.8 Å². The molecule has 3 N–H and O–H groups in total. The summed E-state index contributed by atoms with van der Waals surface area (Å²) in [6.07, 6.45) is 3.75. The fourth-order valence-corrected chi connectivity index (χ4v) is 9.87. The molecule has 3 aromatic carbocycles. The number of ether oxygens (including phenoxy) is 2. The summed E-state index contributed by atoms with van der Waals surface area (Å²) in [5, 5.41) is 9.69. The number of amides is 5. The first-order chi connectivity index (χ1) is 30.3. The third-order valence-corrected chi connectivity index (χ3v) is 13.7. The molecule has 0 bridgehead atoms. The number of hydrogen-bond acceptors (Lipinski definition) is 14. The van der Waals surface area contributed by atoms with Gasteiger partial charge in [0.1, 0.15) is 29.7 Å². The van der Waals surface area contributed by atoms with Crippen LogP contribution in [0.1, 0.15) is 52.8 Å². The van der Waals surface area contributed by atoms with E-state index >= 15 is 0 Å². The third-order valence-electron chi connectivity index (χ3n) is 11.9. The topological polar surface area (TPSA) is 196 Å². The van der Waals surface area contributed by atoms with E-state index in [1.807, 2.05) is 47.4 Å². The highest BCUT2D eigenvalue weighted by Gasteiger charge is 2.44. The van der Waals surface area contributed by atoms with Gasteiger partial charge in [-0.3, -0.25) is 39.1 Å². The Bertz CT molecular complexity index is 2500. The lowest BCUT2D eigenvalue weighted by molar-refractivity contribution is -0.136. The predicted molar refractivity (Wildman–Crippen MR) is 239 cm³/mol. The van der Waals surface area contributed by atoms with Gasteiger partial charge < -0.3 is 34.5 Å². The van der Waals surface area contributed by atoms with Crippen molar-refractivity contribution in [1.29, 1.82) is 0 Å². The summed E-state index contributed by atoms with van der Waals surface area (Å²) in [7, 11) is -0.945. The Labute approximate surface area is 369 Å². The molecule has 17 nitrogen and oxygen atoms in total. The van der Waals surface area contributed by atoms with Gasteiger partial charge in [-0.15, -0.1) is 0 Å². The normalized spacial score (nSPS) is 18.6. The van der Waals surface area contributed by atoms with Gasteiger partial charge in [0.15, 0.2) is 5.82 Å². The van der Waals surface area contributed by atoms with Crippen molar-refractivity contribution >= 4 is 82.4 Å². The standard InChI is InChI=1S/C44H49ClN9O8P/c1-61-36-24-28(8-11-33(36)48-44-46-26-32(45)40(50-44)47-34-6-4-5-7-37(34)63(2,3)60)51-17-14-27(15-18-51)52-19-21-53(22-20-52)39(56)16-23-62-29-9-10-30-31(25-29)43(59)54(42(30)58)35-12-13-38(55)49-41(35)57/h4-11,24-27,35H,12-23H2,1-3H3,(H,49,55,57)(H2,46,47,48,50). The highest BCUT2D eigenvalue weighted by molar-refractivity contribution is 7.70. The minimum atomic E-state index is -2.57. The number of imide groups is 2. The van der Waals surface area contributed by atoms with E-state index in [-0.39, 0.29) is 42.9 Å². The van der Waals surface area contributed by atoms with Gasteiger partial charge in [0.25, 0.3) is 11.8 Å². The minimum Gasteiger partial charge on any atom is -0.494 e. The molecule has 4 aliphatic rings. The second-order valence-electron chi connectivity index (χ2n) is 16.3. The van der Waals surface area contributed by atoms with Crippen molar-refractivity contribution in [3.8, 4) is 11.5 Å². The van der Waals surface area contributed by atoms with Gasteiger partial charge in [-0.05, 0) is 75.1 Å². The molecule has 1 unspecified atom stereocenters. The number of rotatable bonds is 13. The number of fused-ring (bicyclic) bond motifs is 1. The lowest BCUT2D eigenvalue weighted by atomic mass is 10.0. The van der Waals surface area contributed by atoms with E-state index in [2.05, 4.69) is 35.7 Å². The van der Waals surface area contributed by atoms with Crippen LogP contribution in [0, 0.1) is 0 Å². The summed E-state index contributed by atoms with van der Waals surface area (Å²) in [5.41, 5.74) is 2.69. The number of para-hydroxylation sites is 1. The minimum absolute atomic E-state index is 0.0145. The fraction of sp³-hybridized carbons (Fsp3) is 0.386. The third kappa shape index (κ3) is 9.50. The van der Waals surface area contributed by atoms with Gasteiger partial charge in [-0.1, -0.05) is 23.7 Å². The summed E-state index contributed by atoms with van der Waals surface area (Å²) in [5.74, 6) is -0.642. The molecule has 0 aliphatic carbocycles. The number of nitrogens with one attached hydrogen (secondary N) is 3. The van der Waals surface area contributed by atoms with Crippen LogP contribution in [0.25, 0.3) is 0 Å². The maximum Gasteiger partial charge on any atom is 0.262 e. The molecule has 1 aromatic heterocycles. The fourth-order valence-electron chi connectivity index (χ4n) is 8.57. The van der Waals surface area contributed by atoms with Crippen molar-refractivity contribution < 1.29 is 38.0 Å². The SMILES string of the molecule is COc1cc(N2CCC(N3CCN(C(=O)CCOc4ccc5c(c4)C(=O)N(C4CCC(=O)NC4=O)C5=O)CC3)CC2)ccc1Nc1ncc(Cl)c(Nc2ccccc2P(C)(C)=O)n1. The Morgan fingerprint density at radius 3 is 2.37 bits per heavy atom. The van der Waals surface area contributed by atoms with Crippen LogP contribution in [0.2, 0.25) is 5.02 Å². The highest BCUT2D eigenvalue weighted by atomic mass is 35.5. The number of hydrogen-bond donors (Lipinski definition) is 3. The van der Waals surface area contributed by atoms with Gasteiger partial charge in [0.05, 0.1) is 48.8 Å². The molecular formula is C44H49ClN9O8P. The van der Waals surface area contributed by atoms with Crippen LogP contribution in [-0.4, -0.2) is 133 Å². The summed E-state index contributed by atoms with van der Waals surface area (Å²) in [6, 6.07) is 17.3. The summed E-state index contributed by atoms with van der Waals surface area (Å²) in [4.78, 5) is 79.8. The van der Waals surface area contributed by atoms with Crippen LogP contribution in [0.3, 0.4) is 0 Å². The number of halogens is 1. The van der Waals surface area contributed by atoms with Gasteiger partial charge >= 0.3 is 0 Å².